The summed E-state index contributed by atoms with van der Waals surface area (Å²) in [5.74, 6) is 0. The van der Waals surface area contributed by atoms with Gasteiger partial charge in [0.15, 0.2) is 0 Å². The zero-order valence-electron chi connectivity index (χ0n) is 11.2. The molecule has 0 aliphatic heterocycles. The van der Waals surface area contributed by atoms with Gasteiger partial charge in [0.25, 0.3) is 0 Å². The Bertz CT molecular complexity index is 861. The van der Waals surface area contributed by atoms with Crippen LogP contribution in [-0.2, 0) is 26.6 Å². The predicted molar refractivity (Wildman–Crippen MR) is 86.0 cm³/mol. The summed E-state index contributed by atoms with van der Waals surface area (Å²) in [4.78, 5) is 0.129. The van der Waals surface area contributed by atoms with Crippen molar-refractivity contribution in [2.45, 2.75) is 16.3 Å². The second kappa shape index (κ2) is 6.47. The van der Waals surface area contributed by atoms with Gasteiger partial charge in [-0.25, -0.2) is 26.7 Å². The van der Waals surface area contributed by atoms with Crippen molar-refractivity contribution in [1.29, 1.82) is 0 Å². The fourth-order valence-corrected chi connectivity index (χ4v) is 3.47. The van der Waals surface area contributed by atoms with Crippen LogP contribution in [0.4, 0.5) is 0 Å². The molecule has 22 heavy (non-hydrogen) atoms. The molecule has 0 aromatic heterocycles. The molecule has 0 aliphatic carbocycles. The van der Waals surface area contributed by atoms with Crippen molar-refractivity contribution in [3.05, 3.63) is 58.6 Å². The molecule has 0 heterocycles. The molecule has 3 N–H and O–H groups in total. The van der Waals surface area contributed by atoms with Crippen LogP contribution in [-0.4, -0.2) is 16.8 Å². The number of sulfonamides is 2. The van der Waals surface area contributed by atoms with Crippen LogP contribution in [0.15, 0.2) is 62.8 Å². The maximum absolute atomic E-state index is 12.1. The SMILES string of the molecule is NS(=O)(=O)c1ccc(CNS(=O)(=O)c2ccc(Br)cc2)cc1. The summed E-state index contributed by atoms with van der Waals surface area (Å²) in [6.07, 6.45) is 0. The van der Waals surface area contributed by atoms with Gasteiger partial charge in [-0.05, 0) is 42.0 Å². The monoisotopic (exact) mass is 404 g/mol. The molecule has 2 aromatic rings. The smallest absolute Gasteiger partial charge is 0.225 e. The molecule has 6 nitrogen and oxygen atoms in total. The van der Waals surface area contributed by atoms with E-state index in [-0.39, 0.29) is 16.3 Å². The molecule has 0 fully saturated rings. The molecule has 0 atom stereocenters. The standard InChI is InChI=1S/C13H13BrN2O4S2/c14-11-3-7-13(8-4-11)22(19,20)16-9-10-1-5-12(6-2-10)21(15,17)18/h1-8,16H,9H2,(H2,15,17,18). The van der Waals surface area contributed by atoms with Gasteiger partial charge in [0.1, 0.15) is 0 Å². The average molecular weight is 405 g/mol. The molecular formula is C13H13BrN2O4S2. The van der Waals surface area contributed by atoms with Crippen molar-refractivity contribution in [3.8, 4) is 0 Å². The van der Waals surface area contributed by atoms with Crippen LogP contribution < -0.4 is 9.86 Å². The van der Waals surface area contributed by atoms with Crippen LogP contribution in [0.3, 0.4) is 0 Å². The second-order valence-electron chi connectivity index (χ2n) is 4.47. The van der Waals surface area contributed by atoms with Gasteiger partial charge in [0, 0.05) is 11.0 Å². The Morgan fingerprint density at radius 3 is 1.86 bits per heavy atom. The van der Waals surface area contributed by atoms with Gasteiger partial charge in [-0.3, -0.25) is 0 Å². The van der Waals surface area contributed by atoms with Crippen LogP contribution in [0.1, 0.15) is 5.56 Å². The normalized spacial score (nSPS) is 12.3. The minimum Gasteiger partial charge on any atom is -0.225 e. The zero-order valence-corrected chi connectivity index (χ0v) is 14.4. The number of halogens is 1. The number of hydrogen-bond acceptors (Lipinski definition) is 4. The summed E-state index contributed by atoms with van der Waals surface area (Å²) in [6.45, 7) is 0.0449. The Morgan fingerprint density at radius 1 is 0.864 bits per heavy atom. The van der Waals surface area contributed by atoms with Gasteiger partial charge >= 0.3 is 0 Å². The molecule has 0 unspecified atom stereocenters. The Labute approximate surface area is 137 Å². The Morgan fingerprint density at radius 2 is 1.36 bits per heavy atom. The fourth-order valence-electron chi connectivity index (χ4n) is 1.67. The predicted octanol–water partition coefficient (Wildman–Crippen LogP) is 1.57. The lowest BCUT2D eigenvalue weighted by Gasteiger charge is -2.07. The topological polar surface area (TPSA) is 106 Å². The Kier molecular flexibility index (Phi) is 5.03. The number of hydrogen-bond donors (Lipinski definition) is 2. The van der Waals surface area contributed by atoms with Crippen molar-refractivity contribution in [2.75, 3.05) is 0 Å². The summed E-state index contributed by atoms with van der Waals surface area (Å²) in [5, 5.41) is 5.00. The van der Waals surface area contributed by atoms with Crippen LogP contribution in [0.5, 0.6) is 0 Å². The van der Waals surface area contributed by atoms with Crippen molar-refractivity contribution < 1.29 is 16.8 Å². The van der Waals surface area contributed by atoms with E-state index in [1.54, 1.807) is 12.1 Å². The van der Waals surface area contributed by atoms with Crippen LogP contribution in [0, 0.1) is 0 Å². The molecular weight excluding hydrogens is 392 g/mol. The quantitative estimate of drug-likeness (QED) is 0.788. The lowest BCUT2D eigenvalue weighted by molar-refractivity contribution is 0.581. The van der Waals surface area contributed by atoms with E-state index < -0.39 is 20.0 Å². The molecule has 2 rings (SSSR count). The molecule has 0 saturated carbocycles. The van der Waals surface area contributed by atoms with E-state index in [1.807, 2.05) is 0 Å². The third-order valence-corrected chi connectivity index (χ3v) is 5.72. The second-order valence-corrected chi connectivity index (χ2v) is 8.71. The van der Waals surface area contributed by atoms with E-state index >= 15 is 0 Å². The summed E-state index contributed by atoms with van der Waals surface area (Å²) in [6, 6.07) is 11.9. The maximum Gasteiger partial charge on any atom is 0.240 e. The molecule has 0 bridgehead atoms. The van der Waals surface area contributed by atoms with Crippen LogP contribution in [0.25, 0.3) is 0 Å². The highest BCUT2D eigenvalue weighted by atomic mass is 79.9. The largest absolute Gasteiger partial charge is 0.240 e. The van der Waals surface area contributed by atoms with Gasteiger partial charge in [-0.15, -0.1) is 0 Å². The lowest BCUT2D eigenvalue weighted by atomic mass is 10.2. The van der Waals surface area contributed by atoms with E-state index in [0.29, 0.717) is 5.56 Å². The number of nitrogens with two attached hydrogens (primary N) is 1. The summed E-state index contributed by atoms with van der Waals surface area (Å²) in [5.41, 5.74) is 0.619. The first kappa shape index (κ1) is 17.1. The lowest BCUT2D eigenvalue weighted by Crippen LogP contribution is -2.23. The minimum absolute atomic E-state index is 0.0213. The number of benzene rings is 2. The third-order valence-electron chi connectivity index (χ3n) is 2.84. The van der Waals surface area contributed by atoms with Gasteiger partial charge < -0.3 is 0 Å². The van der Waals surface area contributed by atoms with Gasteiger partial charge in [0.2, 0.25) is 20.0 Å². The highest BCUT2D eigenvalue weighted by molar-refractivity contribution is 9.10. The molecule has 9 heteroatoms. The zero-order chi connectivity index (χ0) is 16.4. The van der Waals surface area contributed by atoms with Gasteiger partial charge in [0.05, 0.1) is 9.79 Å². The molecule has 0 spiro atoms. The molecule has 2 aromatic carbocycles. The van der Waals surface area contributed by atoms with Crippen LogP contribution >= 0.6 is 15.9 Å². The Balaban J connectivity index is 2.10. The molecule has 118 valence electrons. The van der Waals surface area contributed by atoms with Crippen molar-refractivity contribution in [2.24, 2.45) is 5.14 Å². The number of rotatable bonds is 5. The minimum atomic E-state index is -3.75. The summed E-state index contributed by atoms with van der Waals surface area (Å²) >= 11 is 3.24. The molecule has 0 radical (unpaired) electrons. The first-order chi connectivity index (χ1) is 10.2. The van der Waals surface area contributed by atoms with E-state index in [0.717, 1.165) is 4.47 Å². The maximum atomic E-state index is 12.1. The molecule has 0 saturated heterocycles. The van der Waals surface area contributed by atoms with Gasteiger partial charge in [-0.2, -0.15) is 0 Å². The summed E-state index contributed by atoms with van der Waals surface area (Å²) < 4.78 is 49.7. The van der Waals surface area contributed by atoms with Crippen molar-refractivity contribution in [1.82, 2.24) is 4.72 Å². The number of nitrogens with one attached hydrogen (secondary N) is 1. The highest BCUT2D eigenvalue weighted by Gasteiger charge is 2.13. The van der Waals surface area contributed by atoms with Crippen molar-refractivity contribution >= 4 is 36.0 Å². The van der Waals surface area contributed by atoms with E-state index in [4.69, 9.17) is 5.14 Å². The van der Waals surface area contributed by atoms with E-state index in [9.17, 15) is 16.8 Å². The van der Waals surface area contributed by atoms with Gasteiger partial charge in [-0.1, -0.05) is 28.1 Å². The Hall–Kier alpha value is -1.26. The van der Waals surface area contributed by atoms with E-state index in [2.05, 4.69) is 20.7 Å². The summed E-state index contributed by atoms with van der Waals surface area (Å²) in [7, 11) is -7.38. The third kappa shape index (κ3) is 4.37. The van der Waals surface area contributed by atoms with E-state index in [1.165, 1.54) is 36.4 Å². The first-order valence-electron chi connectivity index (χ1n) is 6.05. The average Bonchev–Trinajstić information content (AvgIpc) is 2.45. The molecule has 0 amide bonds. The molecule has 0 aliphatic rings. The first-order valence-corrected chi connectivity index (χ1v) is 9.88. The van der Waals surface area contributed by atoms with Crippen molar-refractivity contribution in [3.63, 3.8) is 0 Å². The highest BCUT2D eigenvalue weighted by Crippen LogP contribution is 2.15. The number of primary sulfonamides is 1. The van der Waals surface area contributed by atoms with Crippen LogP contribution in [0.2, 0.25) is 0 Å². The fraction of sp³-hybridized carbons (Fsp3) is 0.0769.